The maximum absolute atomic E-state index is 12.1. The van der Waals surface area contributed by atoms with Crippen LogP contribution in [-0.4, -0.2) is 95.2 Å². The number of benzene rings is 2. The SMILES string of the molecule is O=C(OC[C@H]1OC(O)C(O)(COC(=O)c2cc(O)c(O)c(O)c2)[C@@H]1O)c1cc(O)c(O)c(O)c1. The first kappa shape index (κ1) is 24.7. The van der Waals surface area contributed by atoms with E-state index in [0.717, 1.165) is 24.3 Å². The molecule has 34 heavy (non-hydrogen) atoms. The van der Waals surface area contributed by atoms with Crippen LogP contribution in [0.1, 0.15) is 20.7 Å². The lowest BCUT2D eigenvalue weighted by Gasteiger charge is -2.27. The lowest BCUT2D eigenvalue weighted by atomic mass is 9.96. The van der Waals surface area contributed by atoms with Gasteiger partial charge in [0.05, 0.1) is 11.1 Å². The molecular weight excluding hydrogens is 464 g/mol. The minimum atomic E-state index is -2.57. The Bertz CT molecular complexity index is 1070. The number of carbonyl (C=O) groups excluding carboxylic acids is 2. The van der Waals surface area contributed by atoms with Crippen LogP contribution in [0.25, 0.3) is 0 Å². The van der Waals surface area contributed by atoms with Crippen molar-refractivity contribution in [2.24, 2.45) is 0 Å². The van der Waals surface area contributed by atoms with Crippen molar-refractivity contribution in [1.29, 1.82) is 0 Å². The zero-order valence-corrected chi connectivity index (χ0v) is 17.0. The van der Waals surface area contributed by atoms with Crippen LogP contribution in [0.2, 0.25) is 0 Å². The van der Waals surface area contributed by atoms with Crippen LogP contribution in [0.5, 0.6) is 34.5 Å². The molecule has 9 N–H and O–H groups in total. The molecule has 14 heteroatoms. The van der Waals surface area contributed by atoms with E-state index in [1.165, 1.54) is 0 Å². The van der Waals surface area contributed by atoms with Gasteiger partial charge >= 0.3 is 11.9 Å². The number of aromatic hydroxyl groups is 6. The van der Waals surface area contributed by atoms with Gasteiger partial charge in [0.1, 0.15) is 25.4 Å². The molecule has 0 bridgehead atoms. The Morgan fingerprint density at radius 3 is 1.65 bits per heavy atom. The molecular formula is C20H20O14. The molecule has 0 spiro atoms. The summed E-state index contributed by atoms with van der Waals surface area (Å²) in [5.74, 6) is -7.31. The number of rotatable bonds is 6. The molecule has 1 aliphatic rings. The normalized spacial score (nSPS) is 24.0. The Kier molecular flexibility index (Phi) is 6.60. The number of phenolic OH excluding ortho intramolecular Hbond substituents is 6. The van der Waals surface area contributed by atoms with Crippen LogP contribution in [0.15, 0.2) is 24.3 Å². The van der Waals surface area contributed by atoms with Gasteiger partial charge in [-0.1, -0.05) is 0 Å². The fourth-order valence-corrected chi connectivity index (χ4v) is 3.06. The van der Waals surface area contributed by atoms with E-state index in [-0.39, 0.29) is 5.56 Å². The van der Waals surface area contributed by atoms with Crippen molar-refractivity contribution in [1.82, 2.24) is 0 Å². The molecule has 0 aromatic heterocycles. The number of esters is 2. The van der Waals surface area contributed by atoms with Crippen LogP contribution >= 0.6 is 0 Å². The second-order valence-corrected chi connectivity index (χ2v) is 7.36. The summed E-state index contributed by atoms with van der Waals surface area (Å²) in [4.78, 5) is 24.2. The van der Waals surface area contributed by atoms with Crippen molar-refractivity contribution < 1.29 is 69.8 Å². The molecule has 1 fully saturated rings. The van der Waals surface area contributed by atoms with Gasteiger partial charge in [-0.3, -0.25) is 0 Å². The van der Waals surface area contributed by atoms with Gasteiger partial charge < -0.3 is 60.2 Å². The Hall–Kier alpha value is -3.98. The van der Waals surface area contributed by atoms with Gasteiger partial charge in [-0.15, -0.1) is 0 Å². The standard InChI is InChI=1S/C20H20O14/c21-9-1-7(2-10(22)14(9)25)17(28)32-5-13-16(27)20(31,19(30)34-13)6-33-18(29)8-3-11(23)15(26)12(24)4-8/h1-4,13,16,19,21-27,30-31H,5-6H2/t13-,16-,19?,20?/m1/s1. The quantitative estimate of drug-likeness (QED) is 0.172. The van der Waals surface area contributed by atoms with Gasteiger partial charge in [0.25, 0.3) is 0 Å². The zero-order chi connectivity index (χ0) is 25.4. The van der Waals surface area contributed by atoms with Gasteiger partial charge in [-0.2, -0.15) is 0 Å². The minimum absolute atomic E-state index is 0.370. The molecule has 0 saturated carbocycles. The third kappa shape index (κ3) is 4.55. The summed E-state index contributed by atoms with van der Waals surface area (Å²) in [5, 5.41) is 87.4. The summed E-state index contributed by atoms with van der Waals surface area (Å²) in [6.07, 6.45) is -5.53. The highest BCUT2D eigenvalue weighted by atomic mass is 16.7. The van der Waals surface area contributed by atoms with Crippen molar-refractivity contribution in [3.05, 3.63) is 35.4 Å². The molecule has 2 aromatic carbocycles. The summed E-state index contributed by atoms with van der Waals surface area (Å²) >= 11 is 0. The van der Waals surface area contributed by atoms with Crippen LogP contribution < -0.4 is 0 Å². The van der Waals surface area contributed by atoms with Crippen molar-refractivity contribution in [2.75, 3.05) is 13.2 Å². The summed E-state index contributed by atoms with van der Waals surface area (Å²) in [7, 11) is 0. The molecule has 1 saturated heterocycles. The molecule has 4 atom stereocenters. The monoisotopic (exact) mass is 484 g/mol. The molecule has 14 nitrogen and oxygen atoms in total. The first-order valence-electron chi connectivity index (χ1n) is 9.43. The second-order valence-electron chi connectivity index (χ2n) is 7.36. The van der Waals surface area contributed by atoms with E-state index in [1.54, 1.807) is 0 Å². The van der Waals surface area contributed by atoms with E-state index in [9.17, 15) is 55.5 Å². The third-order valence-corrected chi connectivity index (χ3v) is 5.02. The largest absolute Gasteiger partial charge is 0.504 e. The lowest BCUT2D eigenvalue weighted by Crippen LogP contribution is -2.52. The number of phenols is 6. The first-order valence-corrected chi connectivity index (χ1v) is 9.43. The van der Waals surface area contributed by atoms with E-state index in [4.69, 9.17) is 14.2 Å². The zero-order valence-electron chi connectivity index (χ0n) is 17.0. The number of aliphatic hydroxyl groups is 3. The fourth-order valence-electron chi connectivity index (χ4n) is 3.06. The highest BCUT2D eigenvalue weighted by Gasteiger charge is 2.56. The maximum Gasteiger partial charge on any atom is 0.338 e. The number of ether oxygens (including phenoxy) is 3. The predicted molar refractivity (Wildman–Crippen MR) is 105 cm³/mol. The number of aliphatic hydroxyl groups excluding tert-OH is 2. The van der Waals surface area contributed by atoms with E-state index in [0.29, 0.717) is 0 Å². The van der Waals surface area contributed by atoms with Crippen molar-refractivity contribution in [2.45, 2.75) is 24.1 Å². The smallest absolute Gasteiger partial charge is 0.338 e. The Morgan fingerprint density at radius 1 is 0.794 bits per heavy atom. The van der Waals surface area contributed by atoms with Gasteiger partial charge in [0.15, 0.2) is 46.4 Å². The fraction of sp³-hybridized carbons (Fsp3) is 0.300. The van der Waals surface area contributed by atoms with Gasteiger partial charge in [0, 0.05) is 0 Å². The van der Waals surface area contributed by atoms with E-state index in [1.807, 2.05) is 0 Å². The summed E-state index contributed by atoms with van der Waals surface area (Å²) in [6.45, 7) is -1.75. The molecule has 0 aliphatic carbocycles. The molecule has 2 unspecified atom stereocenters. The number of hydrogen-bond acceptors (Lipinski definition) is 14. The van der Waals surface area contributed by atoms with Gasteiger partial charge in [0.2, 0.25) is 0 Å². The summed E-state index contributed by atoms with van der Waals surface area (Å²) in [5.41, 5.74) is -3.36. The van der Waals surface area contributed by atoms with Crippen LogP contribution in [0.4, 0.5) is 0 Å². The molecule has 184 valence electrons. The van der Waals surface area contributed by atoms with Crippen LogP contribution in [-0.2, 0) is 14.2 Å². The highest BCUT2D eigenvalue weighted by molar-refractivity contribution is 5.91. The first-order chi connectivity index (χ1) is 15.8. The van der Waals surface area contributed by atoms with Crippen molar-refractivity contribution in [3.63, 3.8) is 0 Å². The Morgan fingerprint density at radius 2 is 1.21 bits per heavy atom. The number of carbonyl (C=O) groups is 2. The molecule has 1 heterocycles. The molecule has 1 aliphatic heterocycles. The Labute approximate surface area is 189 Å². The Balaban J connectivity index is 1.63. The maximum atomic E-state index is 12.1. The van der Waals surface area contributed by atoms with Gasteiger partial charge in [-0.25, -0.2) is 9.59 Å². The molecule has 2 aromatic rings. The second kappa shape index (κ2) is 9.11. The number of hydrogen-bond donors (Lipinski definition) is 9. The van der Waals surface area contributed by atoms with Crippen LogP contribution in [0.3, 0.4) is 0 Å². The average molecular weight is 484 g/mol. The van der Waals surface area contributed by atoms with Gasteiger partial charge in [-0.05, 0) is 24.3 Å². The summed E-state index contributed by atoms with van der Waals surface area (Å²) in [6, 6.07) is 3.13. The minimum Gasteiger partial charge on any atom is -0.504 e. The van der Waals surface area contributed by atoms with Crippen molar-refractivity contribution >= 4 is 11.9 Å². The molecule has 0 amide bonds. The summed E-state index contributed by atoms with van der Waals surface area (Å²) < 4.78 is 14.6. The average Bonchev–Trinajstić information content (AvgIpc) is 3.00. The topological polar surface area (TPSA) is 244 Å². The van der Waals surface area contributed by atoms with Crippen LogP contribution in [0, 0.1) is 0 Å². The van der Waals surface area contributed by atoms with E-state index in [2.05, 4.69) is 0 Å². The lowest BCUT2D eigenvalue weighted by molar-refractivity contribution is -0.191. The van der Waals surface area contributed by atoms with E-state index >= 15 is 0 Å². The third-order valence-electron chi connectivity index (χ3n) is 5.02. The predicted octanol–water partition coefficient (Wildman–Crippen LogP) is -1.26. The molecule has 0 radical (unpaired) electrons. The van der Waals surface area contributed by atoms with Crippen molar-refractivity contribution in [3.8, 4) is 34.5 Å². The highest BCUT2D eigenvalue weighted by Crippen LogP contribution is 2.37. The molecule has 3 rings (SSSR count). The van der Waals surface area contributed by atoms with E-state index < -0.39 is 89.3 Å².